The standard InChI is InChI=1S/C18H19ClO5/c19-14-4-8-17(9-5-14)24-12-15(20)11-23-16-6-1-13(2-7-16)3-10-18(21)22/h1-2,4-9,15,20H,3,10-12H2,(H,21,22). The normalized spacial score (nSPS) is 11.8. The van der Waals surface area contributed by atoms with E-state index in [1.165, 1.54) is 0 Å². The summed E-state index contributed by atoms with van der Waals surface area (Å²) in [4.78, 5) is 10.5. The van der Waals surface area contributed by atoms with E-state index in [-0.39, 0.29) is 19.6 Å². The summed E-state index contributed by atoms with van der Waals surface area (Å²) in [5.41, 5.74) is 0.927. The molecule has 1 atom stereocenters. The molecule has 128 valence electrons. The fourth-order valence-electron chi connectivity index (χ4n) is 1.97. The van der Waals surface area contributed by atoms with Gasteiger partial charge in [-0.3, -0.25) is 4.79 Å². The van der Waals surface area contributed by atoms with Crippen LogP contribution in [0.3, 0.4) is 0 Å². The van der Waals surface area contributed by atoms with Crippen molar-refractivity contribution in [3.63, 3.8) is 0 Å². The summed E-state index contributed by atoms with van der Waals surface area (Å²) in [6, 6.07) is 14.0. The topological polar surface area (TPSA) is 76.0 Å². The summed E-state index contributed by atoms with van der Waals surface area (Å²) >= 11 is 5.78. The van der Waals surface area contributed by atoms with Gasteiger partial charge >= 0.3 is 5.97 Å². The van der Waals surface area contributed by atoms with Crippen LogP contribution in [-0.2, 0) is 11.2 Å². The number of aryl methyl sites for hydroxylation is 1. The Morgan fingerprint density at radius 3 is 1.96 bits per heavy atom. The Kier molecular flexibility index (Phi) is 6.90. The van der Waals surface area contributed by atoms with Crippen molar-refractivity contribution in [2.45, 2.75) is 18.9 Å². The van der Waals surface area contributed by atoms with Crippen molar-refractivity contribution in [3.8, 4) is 11.5 Å². The first-order valence-electron chi connectivity index (χ1n) is 7.53. The molecular formula is C18H19ClO5. The molecule has 1 unspecified atom stereocenters. The van der Waals surface area contributed by atoms with Crippen molar-refractivity contribution in [1.29, 1.82) is 0 Å². The molecule has 0 aliphatic carbocycles. The number of carboxylic acids is 1. The second-order valence-corrected chi connectivity index (χ2v) is 5.70. The van der Waals surface area contributed by atoms with E-state index in [1.807, 2.05) is 12.1 Å². The Hall–Kier alpha value is -2.24. The molecule has 6 heteroatoms. The van der Waals surface area contributed by atoms with Gasteiger partial charge in [-0.25, -0.2) is 0 Å². The van der Waals surface area contributed by atoms with E-state index in [0.717, 1.165) is 5.56 Å². The van der Waals surface area contributed by atoms with E-state index >= 15 is 0 Å². The van der Waals surface area contributed by atoms with E-state index in [4.69, 9.17) is 26.2 Å². The molecule has 0 bridgehead atoms. The van der Waals surface area contributed by atoms with E-state index in [9.17, 15) is 9.90 Å². The number of benzene rings is 2. The molecule has 0 fully saturated rings. The lowest BCUT2D eigenvalue weighted by Gasteiger charge is -2.14. The molecule has 0 saturated heterocycles. The van der Waals surface area contributed by atoms with Crippen molar-refractivity contribution in [3.05, 3.63) is 59.1 Å². The number of aliphatic hydroxyl groups is 1. The minimum Gasteiger partial charge on any atom is -0.491 e. The van der Waals surface area contributed by atoms with Crippen molar-refractivity contribution >= 4 is 17.6 Å². The highest BCUT2D eigenvalue weighted by Gasteiger charge is 2.07. The van der Waals surface area contributed by atoms with Crippen LogP contribution in [0.25, 0.3) is 0 Å². The Bertz CT molecular complexity index is 639. The van der Waals surface area contributed by atoms with Crippen LogP contribution in [0.5, 0.6) is 11.5 Å². The van der Waals surface area contributed by atoms with Gasteiger partial charge in [0.1, 0.15) is 30.8 Å². The zero-order chi connectivity index (χ0) is 17.4. The monoisotopic (exact) mass is 350 g/mol. The van der Waals surface area contributed by atoms with Crippen LogP contribution in [0.4, 0.5) is 0 Å². The highest BCUT2D eigenvalue weighted by Crippen LogP contribution is 2.16. The number of ether oxygens (including phenoxy) is 2. The third-order valence-corrected chi connectivity index (χ3v) is 3.50. The summed E-state index contributed by atoms with van der Waals surface area (Å²) in [5, 5.41) is 19.2. The minimum absolute atomic E-state index is 0.0982. The zero-order valence-corrected chi connectivity index (χ0v) is 13.8. The number of aliphatic carboxylic acids is 1. The maximum absolute atomic E-state index is 10.5. The number of carboxylic acid groups (broad SMARTS) is 1. The molecule has 24 heavy (non-hydrogen) atoms. The van der Waals surface area contributed by atoms with Crippen LogP contribution < -0.4 is 9.47 Å². The maximum Gasteiger partial charge on any atom is 0.303 e. The molecule has 5 nitrogen and oxygen atoms in total. The maximum atomic E-state index is 10.5. The number of halogens is 1. The lowest BCUT2D eigenvalue weighted by atomic mass is 10.1. The lowest BCUT2D eigenvalue weighted by molar-refractivity contribution is -0.136. The predicted molar refractivity (Wildman–Crippen MR) is 90.8 cm³/mol. The number of hydrogen-bond donors (Lipinski definition) is 2. The third kappa shape index (κ3) is 6.48. The molecule has 2 N–H and O–H groups in total. The molecule has 0 amide bonds. The average molecular weight is 351 g/mol. The summed E-state index contributed by atoms with van der Waals surface area (Å²) in [6.45, 7) is 0.209. The fourth-order valence-corrected chi connectivity index (χ4v) is 2.09. The van der Waals surface area contributed by atoms with Gasteiger partial charge in [0, 0.05) is 11.4 Å². The van der Waals surface area contributed by atoms with Gasteiger partial charge in [0.25, 0.3) is 0 Å². The Morgan fingerprint density at radius 1 is 0.958 bits per heavy atom. The summed E-state index contributed by atoms with van der Waals surface area (Å²) < 4.78 is 10.9. The summed E-state index contributed by atoms with van der Waals surface area (Å²) in [5.74, 6) is 0.417. The molecule has 0 aliphatic heterocycles. The van der Waals surface area contributed by atoms with E-state index in [1.54, 1.807) is 36.4 Å². The molecule has 0 aliphatic rings. The molecule has 0 radical (unpaired) electrons. The second-order valence-electron chi connectivity index (χ2n) is 5.27. The minimum atomic E-state index is -0.820. The fraction of sp³-hybridized carbons (Fsp3) is 0.278. The molecule has 2 rings (SSSR count). The van der Waals surface area contributed by atoms with Crippen LogP contribution in [0.2, 0.25) is 5.02 Å². The van der Waals surface area contributed by atoms with Crippen molar-refractivity contribution in [2.24, 2.45) is 0 Å². The van der Waals surface area contributed by atoms with Gasteiger partial charge in [-0.05, 0) is 48.4 Å². The molecular weight excluding hydrogens is 332 g/mol. The van der Waals surface area contributed by atoms with Crippen LogP contribution in [0.1, 0.15) is 12.0 Å². The highest BCUT2D eigenvalue weighted by molar-refractivity contribution is 6.30. The first-order chi connectivity index (χ1) is 11.5. The van der Waals surface area contributed by atoms with Gasteiger partial charge in [0.15, 0.2) is 0 Å². The number of hydrogen-bond acceptors (Lipinski definition) is 4. The van der Waals surface area contributed by atoms with Crippen LogP contribution in [-0.4, -0.2) is 35.5 Å². The first kappa shape index (κ1) is 18.1. The van der Waals surface area contributed by atoms with E-state index < -0.39 is 12.1 Å². The Balaban J connectivity index is 1.71. The van der Waals surface area contributed by atoms with Gasteiger partial charge in [-0.1, -0.05) is 23.7 Å². The van der Waals surface area contributed by atoms with Gasteiger partial charge in [-0.15, -0.1) is 0 Å². The van der Waals surface area contributed by atoms with Crippen molar-refractivity contribution in [2.75, 3.05) is 13.2 Å². The molecule has 0 heterocycles. The van der Waals surface area contributed by atoms with E-state index in [2.05, 4.69) is 0 Å². The number of rotatable bonds is 9. The SMILES string of the molecule is O=C(O)CCc1ccc(OCC(O)COc2ccc(Cl)cc2)cc1. The third-order valence-electron chi connectivity index (χ3n) is 3.25. The first-order valence-corrected chi connectivity index (χ1v) is 7.90. The zero-order valence-electron chi connectivity index (χ0n) is 13.0. The van der Waals surface area contributed by atoms with Gasteiger partial charge in [0.05, 0.1) is 0 Å². The molecule has 2 aromatic carbocycles. The van der Waals surface area contributed by atoms with Gasteiger partial charge in [0.2, 0.25) is 0 Å². The van der Waals surface area contributed by atoms with E-state index in [0.29, 0.717) is 22.9 Å². The summed E-state index contributed by atoms with van der Waals surface area (Å²) in [6.07, 6.45) is -0.193. The van der Waals surface area contributed by atoms with Gasteiger partial charge in [-0.2, -0.15) is 0 Å². The quantitative estimate of drug-likeness (QED) is 0.726. The van der Waals surface area contributed by atoms with Crippen LogP contribution in [0, 0.1) is 0 Å². The molecule has 0 spiro atoms. The molecule has 2 aromatic rings. The highest BCUT2D eigenvalue weighted by atomic mass is 35.5. The predicted octanol–water partition coefficient (Wildman–Crippen LogP) is 3.18. The molecule has 0 aromatic heterocycles. The van der Waals surface area contributed by atoms with Crippen molar-refractivity contribution < 1.29 is 24.5 Å². The summed E-state index contributed by atoms with van der Waals surface area (Å²) in [7, 11) is 0. The Labute approximate surface area is 145 Å². The van der Waals surface area contributed by atoms with Crippen LogP contribution >= 0.6 is 11.6 Å². The second kappa shape index (κ2) is 9.15. The Morgan fingerprint density at radius 2 is 1.46 bits per heavy atom. The number of carbonyl (C=O) groups is 1. The number of aliphatic hydroxyl groups excluding tert-OH is 1. The van der Waals surface area contributed by atoms with Crippen LogP contribution in [0.15, 0.2) is 48.5 Å². The van der Waals surface area contributed by atoms with Gasteiger partial charge < -0.3 is 19.7 Å². The molecule has 0 saturated carbocycles. The average Bonchev–Trinajstić information content (AvgIpc) is 2.58. The lowest BCUT2D eigenvalue weighted by Crippen LogP contribution is -2.25. The smallest absolute Gasteiger partial charge is 0.303 e. The van der Waals surface area contributed by atoms with Crippen molar-refractivity contribution in [1.82, 2.24) is 0 Å². The largest absolute Gasteiger partial charge is 0.491 e.